The number of carbonyl (C=O) groups is 1. The van der Waals surface area contributed by atoms with Crippen LogP contribution in [0.5, 0.6) is 0 Å². The highest BCUT2D eigenvalue weighted by molar-refractivity contribution is 5.91. The number of ether oxygens (including phenoxy) is 1. The molecule has 0 unspecified atom stereocenters. The van der Waals surface area contributed by atoms with Gasteiger partial charge in [0.2, 0.25) is 11.7 Å². The lowest BCUT2D eigenvalue weighted by atomic mass is 10.1. The Bertz CT molecular complexity index is 1470. The molecule has 0 aromatic carbocycles. The average Bonchev–Trinajstić information content (AvgIpc) is 3.34. The fourth-order valence-electron chi connectivity index (χ4n) is 4.64. The smallest absolute Gasteiger partial charge is 0.377 e. The van der Waals surface area contributed by atoms with Crippen molar-refractivity contribution in [1.82, 2.24) is 29.5 Å². The average molecular weight is 533 g/mol. The number of carbonyl (C=O) groups excluding carboxylic acids is 1. The maximum atomic E-state index is 13.6. The van der Waals surface area contributed by atoms with Gasteiger partial charge in [0.05, 0.1) is 24.6 Å². The second-order valence-electron chi connectivity index (χ2n) is 9.14. The number of aromatic nitrogens is 5. The molecule has 0 spiro atoms. The summed E-state index contributed by atoms with van der Waals surface area (Å²) in [6, 6.07) is 2.00. The highest BCUT2D eigenvalue weighted by atomic mass is 19.4. The first-order valence-electron chi connectivity index (χ1n) is 12.2. The number of alkyl halides is 3. The van der Waals surface area contributed by atoms with Gasteiger partial charge in [0.1, 0.15) is 17.9 Å². The summed E-state index contributed by atoms with van der Waals surface area (Å²) in [6.45, 7) is 6.45. The van der Waals surface area contributed by atoms with Crippen molar-refractivity contribution < 1.29 is 22.7 Å². The first-order chi connectivity index (χ1) is 18.1. The third-order valence-electron chi connectivity index (χ3n) is 6.61. The standard InChI is InChI=1S/C24H27F3N8O3/c1-14-17(3-4-18(29-14)24(25,26)27)30-19(36)13-34-15(2)20(33-9-7-28-8-10-33)22(37)35-23(34)31-21(32-35)16-5-11-38-12-6-16/h3-5,28H,6-13H2,1-2H3,(H,30,36). The first-order valence-corrected chi connectivity index (χ1v) is 12.2. The second-order valence-corrected chi connectivity index (χ2v) is 9.14. The van der Waals surface area contributed by atoms with Gasteiger partial charge in [-0.25, -0.2) is 4.98 Å². The maximum Gasteiger partial charge on any atom is 0.433 e. The summed E-state index contributed by atoms with van der Waals surface area (Å²) in [5.41, 5.74) is 0.652. The number of rotatable bonds is 5. The lowest BCUT2D eigenvalue weighted by Crippen LogP contribution is -2.46. The molecule has 5 rings (SSSR count). The number of nitrogens with one attached hydrogen (secondary N) is 2. The number of hydrogen-bond donors (Lipinski definition) is 2. The van der Waals surface area contributed by atoms with Gasteiger partial charge in [0, 0.05) is 31.9 Å². The number of amides is 1. The van der Waals surface area contributed by atoms with Crippen molar-refractivity contribution in [1.29, 1.82) is 0 Å². The van der Waals surface area contributed by atoms with Crippen LogP contribution in [0.15, 0.2) is 23.0 Å². The molecule has 5 heterocycles. The van der Waals surface area contributed by atoms with E-state index in [0.29, 0.717) is 63.0 Å². The molecule has 11 nitrogen and oxygen atoms in total. The molecule has 0 radical (unpaired) electrons. The van der Waals surface area contributed by atoms with Crippen molar-refractivity contribution in [2.75, 3.05) is 49.6 Å². The van der Waals surface area contributed by atoms with Crippen molar-refractivity contribution in [2.24, 2.45) is 0 Å². The number of halogens is 3. The van der Waals surface area contributed by atoms with E-state index in [-0.39, 0.29) is 29.3 Å². The molecule has 2 aliphatic heterocycles. The molecule has 1 fully saturated rings. The Hall–Kier alpha value is -3.78. The van der Waals surface area contributed by atoms with Gasteiger partial charge in [0.15, 0.2) is 5.82 Å². The SMILES string of the molecule is Cc1nc(C(F)(F)F)ccc1NC(=O)Cn1c(C)c(N2CCNCC2)c(=O)n2nc(C3=CCOCC3)nc12. The minimum absolute atomic E-state index is 0.0349. The Balaban J connectivity index is 1.53. The molecule has 2 aliphatic rings. The van der Waals surface area contributed by atoms with Crippen LogP contribution in [0.25, 0.3) is 11.4 Å². The van der Waals surface area contributed by atoms with Crippen LogP contribution in [0.3, 0.4) is 0 Å². The molecule has 2 N–H and O–H groups in total. The number of piperazine rings is 1. The van der Waals surface area contributed by atoms with Gasteiger partial charge < -0.3 is 24.8 Å². The summed E-state index contributed by atoms with van der Waals surface area (Å²) in [4.78, 5) is 36.8. The summed E-state index contributed by atoms with van der Waals surface area (Å²) in [5.74, 6) is 0.0785. The summed E-state index contributed by atoms with van der Waals surface area (Å²) in [6.07, 6.45) is -2.13. The van der Waals surface area contributed by atoms with Crippen molar-refractivity contribution in [3.63, 3.8) is 0 Å². The Labute approximate surface area is 215 Å². The topological polar surface area (TPSA) is 119 Å². The van der Waals surface area contributed by atoms with Crippen LogP contribution in [-0.4, -0.2) is 69.4 Å². The Morgan fingerprint density at radius 2 is 1.95 bits per heavy atom. The lowest BCUT2D eigenvalue weighted by Gasteiger charge is -2.30. The van der Waals surface area contributed by atoms with Gasteiger partial charge in [0.25, 0.3) is 5.56 Å². The van der Waals surface area contributed by atoms with E-state index in [2.05, 4.69) is 25.7 Å². The molecule has 0 bridgehead atoms. The van der Waals surface area contributed by atoms with Crippen LogP contribution in [0.1, 0.15) is 29.3 Å². The lowest BCUT2D eigenvalue weighted by molar-refractivity contribution is -0.141. The predicted octanol–water partition coefficient (Wildman–Crippen LogP) is 1.77. The molecule has 1 saturated heterocycles. The van der Waals surface area contributed by atoms with E-state index in [9.17, 15) is 22.8 Å². The number of aryl methyl sites for hydroxylation is 1. The zero-order valence-electron chi connectivity index (χ0n) is 20.9. The van der Waals surface area contributed by atoms with Crippen LogP contribution in [-0.2, 0) is 22.3 Å². The van der Waals surface area contributed by atoms with E-state index < -0.39 is 17.8 Å². The van der Waals surface area contributed by atoms with Gasteiger partial charge in [-0.15, -0.1) is 5.10 Å². The van der Waals surface area contributed by atoms with Gasteiger partial charge in [-0.2, -0.15) is 22.7 Å². The zero-order valence-corrected chi connectivity index (χ0v) is 20.9. The normalized spacial score (nSPS) is 16.6. The molecular formula is C24H27F3N8O3. The third-order valence-corrected chi connectivity index (χ3v) is 6.61. The van der Waals surface area contributed by atoms with E-state index in [4.69, 9.17) is 4.74 Å². The fraction of sp³-hybridized carbons (Fsp3) is 0.458. The van der Waals surface area contributed by atoms with E-state index in [1.165, 1.54) is 17.5 Å². The quantitative estimate of drug-likeness (QED) is 0.511. The van der Waals surface area contributed by atoms with Crippen molar-refractivity contribution in [2.45, 2.75) is 33.0 Å². The van der Waals surface area contributed by atoms with E-state index >= 15 is 0 Å². The second kappa shape index (κ2) is 10.2. The Morgan fingerprint density at radius 1 is 1.18 bits per heavy atom. The molecular weight excluding hydrogens is 505 g/mol. The van der Waals surface area contributed by atoms with Gasteiger partial charge in [-0.3, -0.25) is 9.59 Å². The maximum absolute atomic E-state index is 13.6. The van der Waals surface area contributed by atoms with Crippen LogP contribution in [0, 0.1) is 13.8 Å². The predicted molar refractivity (Wildman–Crippen MR) is 133 cm³/mol. The van der Waals surface area contributed by atoms with Crippen LogP contribution in [0.4, 0.5) is 24.5 Å². The number of pyridine rings is 1. The van der Waals surface area contributed by atoms with Crippen molar-refractivity contribution in [3.05, 3.63) is 51.5 Å². The molecule has 0 atom stereocenters. The van der Waals surface area contributed by atoms with Crippen LogP contribution >= 0.6 is 0 Å². The van der Waals surface area contributed by atoms with Gasteiger partial charge in [-0.05, 0) is 38.0 Å². The first kappa shape index (κ1) is 25.9. The molecule has 202 valence electrons. The highest BCUT2D eigenvalue weighted by Gasteiger charge is 2.33. The van der Waals surface area contributed by atoms with Crippen LogP contribution < -0.4 is 21.1 Å². The number of anilines is 2. The molecule has 3 aromatic heterocycles. The third kappa shape index (κ3) is 5.00. The molecule has 1 amide bonds. The largest absolute Gasteiger partial charge is 0.433 e. The molecule has 0 aliphatic carbocycles. The molecule has 14 heteroatoms. The summed E-state index contributed by atoms with van der Waals surface area (Å²) in [7, 11) is 0. The van der Waals surface area contributed by atoms with E-state index in [1.807, 2.05) is 11.0 Å². The Morgan fingerprint density at radius 3 is 2.61 bits per heavy atom. The monoisotopic (exact) mass is 532 g/mol. The summed E-state index contributed by atoms with van der Waals surface area (Å²) < 4.78 is 47.2. The van der Waals surface area contributed by atoms with Crippen molar-refractivity contribution >= 4 is 28.6 Å². The van der Waals surface area contributed by atoms with E-state index in [1.54, 1.807) is 11.5 Å². The molecule has 3 aromatic rings. The minimum atomic E-state index is -4.59. The van der Waals surface area contributed by atoms with Crippen molar-refractivity contribution in [3.8, 4) is 0 Å². The van der Waals surface area contributed by atoms with E-state index in [0.717, 1.165) is 11.6 Å². The minimum Gasteiger partial charge on any atom is -0.377 e. The number of nitrogens with zero attached hydrogens (tertiary/aromatic N) is 6. The Kier molecular flexibility index (Phi) is 6.92. The molecule has 0 saturated carbocycles. The highest BCUT2D eigenvalue weighted by Crippen LogP contribution is 2.29. The van der Waals surface area contributed by atoms with Gasteiger partial charge >= 0.3 is 6.18 Å². The number of hydrogen-bond acceptors (Lipinski definition) is 8. The summed E-state index contributed by atoms with van der Waals surface area (Å²) >= 11 is 0. The zero-order chi connectivity index (χ0) is 27.0. The van der Waals surface area contributed by atoms with Gasteiger partial charge in [-0.1, -0.05) is 6.08 Å². The number of fused-ring (bicyclic) bond motifs is 1. The van der Waals surface area contributed by atoms with Crippen LogP contribution in [0.2, 0.25) is 0 Å². The summed E-state index contributed by atoms with van der Waals surface area (Å²) in [5, 5.41) is 10.4. The fourth-order valence-corrected chi connectivity index (χ4v) is 4.64. The molecule has 38 heavy (non-hydrogen) atoms.